The Balaban J connectivity index is 2.38. The highest BCUT2D eigenvalue weighted by molar-refractivity contribution is 4.78. The SMILES string of the molecule is CCC1NN(C)CC1C. The monoisotopic (exact) mass is 128 g/mol. The lowest BCUT2D eigenvalue weighted by molar-refractivity contribution is 0.289. The van der Waals surface area contributed by atoms with Crippen LogP contribution in [0.15, 0.2) is 0 Å². The molecule has 0 spiro atoms. The molecule has 0 bridgehead atoms. The molecule has 2 nitrogen and oxygen atoms in total. The van der Waals surface area contributed by atoms with E-state index >= 15 is 0 Å². The van der Waals surface area contributed by atoms with Crippen molar-refractivity contribution in [3.63, 3.8) is 0 Å². The van der Waals surface area contributed by atoms with E-state index < -0.39 is 0 Å². The van der Waals surface area contributed by atoms with Crippen LogP contribution in [0.5, 0.6) is 0 Å². The summed E-state index contributed by atoms with van der Waals surface area (Å²) in [7, 11) is 2.10. The maximum atomic E-state index is 3.39. The number of nitrogens with zero attached hydrogens (tertiary/aromatic N) is 1. The Kier molecular flexibility index (Phi) is 2.09. The topological polar surface area (TPSA) is 15.3 Å². The molecular weight excluding hydrogens is 112 g/mol. The van der Waals surface area contributed by atoms with Crippen LogP contribution >= 0.6 is 0 Å². The van der Waals surface area contributed by atoms with E-state index in [4.69, 9.17) is 0 Å². The average molecular weight is 128 g/mol. The highest BCUT2D eigenvalue weighted by Crippen LogP contribution is 2.13. The van der Waals surface area contributed by atoms with E-state index in [1.165, 1.54) is 13.0 Å². The Morgan fingerprint density at radius 3 is 2.56 bits per heavy atom. The lowest BCUT2D eigenvalue weighted by atomic mass is 10.0. The molecule has 0 amide bonds. The number of hydrazine groups is 1. The lowest BCUT2D eigenvalue weighted by Gasteiger charge is -2.11. The van der Waals surface area contributed by atoms with Crippen LogP contribution in [0.2, 0.25) is 0 Å². The van der Waals surface area contributed by atoms with Gasteiger partial charge in [-0.2, -0.15) is 0 Å². The van der Waals surface area contributed by atoms with Crippen LogP contribution in [0.1, 0.15) is 20.3 Å². The molecule has 2 atom stereocenters. The van der Waals surface area contributed by atoms with Gasteiger partial charge in [0, 0.05) is 19.6 Å². The molecule has 0 radical (unpaired) electrons. The fraction of sp³-hybridized carbons (Fsp3) is 1.00. The van der Waals surface area contributed by atoms with Crippen molar-refractivity contribution < 1.29 is 0 Å². The summed E-state index contributed by atoms with van der Waals surface area (Å²) in [5, 5.41) is 2.18. The lowest BCUT2D eigenvalue weighted by Crippen LogP contribution is -2.32. The first-order valence-corrected chi connectivity index (χ1v) is 3.71. The van der Waals surface area contributed by atoms with Gasteiger partial charge in [0.2, 0.25) is 0 Å². The molecule has 1 saturated heterocycles. The second-order valence-corrected chi connectivity index (χ2v) is 3.00. The van der Waals surface area contributed by atoms with E-state index in [2.05, 4.69) is 31.3 Å². The fourth-order valence-electron chi connectivity index (χ4n) is 1.52. The molecule has 0 saturated carbocycles. The average Bonchev–Trinajstić information content (AvgIpc) is 2.10. The van der Waals surface area contributed by atoms with Gasteiger partial charge < -0.3 is 0 Å². The van der Waals surface area contributed by atoms with Crippen molar-refractivity contribution in [2.45, 2.75) is 26.3 Å². The molecule has 1 aliphatic heterocycles. The van der Waals surface area contributed by atoms with Crippen LogP contribution in [0.4, 0.5) is 0 Å². The molecule has 1 N–H and O–H groups in total. The Bertz CT molecular complexity index is 92.9. The molecule has 0 aromatic carbocycles. The standard InChI is InChI=1S/C7H16N2/c1-4-7-6(2)5-9(3)8-7/h6-8H,4-5H2,1-3H3. The zero-order valence-electron chi connectivity index (χ0n) is 6.52. The molecule has 0 aliphatic carbocycles. The predicted octanol–water partition coefficient (Wildman–Crippen LogP) is 0.851. The minimum absolute atomic E-state index is 0.718. The van der Waals surface area contributed by atoms with E-state index in [-0.39, 0.29) is 0 Å². The van der Waals surface area contributed by atoms with Gasteiger partial charge >= 0.3 is 0 Å². The molecule has 1 fully saturated rings. The highest BCUT2D eigenvalue weighted by atomic mass is 15.5. The van der Waals surface area contributed by atoms with Crippen molar-refractivity contribution in [2.75, 3.05) is 13.6 Å². The maximum Gasteiger partial charge on any atom is 0.0250 e. The minimum Gasteiger partial charge on any atom is -0.252 e. The third kappa shape index (κ3) is 1.43. The molecule has 1 heterocycles. The molecule has 1 rings (SSSR count). The third-order valence-corrected chi connectivity index (χ3v) is 2.07. The van der Waals surface area contributed by atoms with Gasteiger partial charge in [-0.25, -0.2) is 5.01 Å². The fourth-order valence-corrected chi connectivity index (χ4v) is 1.52. The van der Waals surface area contributed by atoms with Gasteiger partial charge in [-0.3, -0.25) is 5.43 Å². The number of hydrogen-bond donors (Lipinski definition) is 1. The smallest absolute Gasteiger partial charge is 0.0250 e. The minimum atomic E-state index is 0.718. The second-order valence-electron chi connectivity index (χ2n) is 3.00. The Hall–Kier alpha value is -0.0800. The zero-order chi connectivity index (χ0) is 6.85. The van der Waals surface area contributed by atoms with E-state index in [0.29, 0.717) is 0 Å². The van der Waals surface area contributed by atoms with Crippen LogP contribution in [0, 0.1) is 5.92 Å². The number of rotatable bonds is 1. The van der Waals surface area contributed by atoms with E-state index in [1.54, 1.807) is 0 Å². The summed E-state index contributed by atoms with van der Waals surface area (Å²) in [4.78, 5) is 0. The molecule has 2 unspecified atom stereocenters. The number of hydrogen-bond acceptors (Lipinski definition) is 2. The first kappa shape index (κ1) is 7.03. The maximum absolute atomic E-state index is 3.39. The Morgan fingerprint density at radius 2 is 2.33 bits per heavy atom. The van der Waals surface area contributed by atoms with Crippen LogP contribution in [-0.4, -0.2) is 24.6 Å². The van der Waals surface area contributed by atoms with E-state index in [1.807, 2.05) is 0 Å². The predicted molar refractivity (Wildman–Crippen MR) is 39.0 cm³/mol. The van der Waals surface area contributed by atoms with Crippen LogP contribution < -0.4 is 5.43 Å². The van der Waals surface area contributed by atoms with Crippen molar-refractivity contribution >= 4 is 0 Å². The molecule has 9 heavy (non-hydrogen) atoms. The van der Waals surface area contributed by atoms with Gasteiger partial charge in [0.1, 0.15) is 0 Å². The highest BCUT2D eigenvalue weighted by Gasteiger charge is 2.24. The van der Waals surface area contributed by atoms with Gasteiger partial charge in [-0.15, -0.1) is 0 Å². The first-order valence-electron chi connectivity index (χ1n) is 3.71. The van der Waals surface area contributed by atoms with Gasteiger partial charge in [-0.05, 0) is 12.3 Å². The largest absolute Gasteiger partial charge is 0.252 e. The summed E-state index contributed by atoms with van der Waals surface area (Å²) in [6, 6.07) is 0.718. The summed E-state index contributed by atoms with van der Waals surface area (Å²) in [5.74, 6) is 0.819. The second kappa shape index (κ2) is 2.67. The summed E-state index contributed by atoms with van der Waals surface area (Å²) in [6.45, 7) is 5.72. The van der Waals surface area contributed by atoms with Crippen molar-refractivity contribution in [3.8, 4) is 0 Å². The molecule has 0 aromatic rings. The van der Waals surface area contributed by atoms with Crippen molar-refractivity contribution in [3.05, 3.63) is 0 Å². The number of nitrogens with one attached hydrogen (secondary N) is 1. The first-order chi connectivity index (χ1) is 4.24. The summed E-state index contributed by atoms with van der Waals surface area (Å²) in [5.41, 5.74) is 3.39. The summed E-state index contributed by atoms with van der Waals surface area (Å²) in [6.07, 6.45) is 1.24. The van der Waals surface area contributed by atoms with Crippen molar-refractivity contribution in [2.24, 2.45) is 5.92 Å². The van der Waals surface area contributed by atoms with Gasteiger partial charge in [-0.1, -0.05) is 13.8 Å². The van der Waals surface area contributed by atoms with Crippen LogP contribution in [-0.2, 0) is 0 Å². The molecular formula is C7H16N2. The summed E-state index contributed by atoms with van der Waals surface area (Å²) >= 11 is 0. The van der Waals surface area contributed by atoms with Crippen LogP contribution in [0.3, 0.4) is 0 Å². The Labute approximate surface area is 57.2 Å². The van der Waals surface area contributed by atoms with Gasteiger partial charge in [0.05, 0.1) is 0 Å². The summed E-state index contributed by atoms with van der Waals surface area (Å²) < 4.78 is 0. The normalized spacial score (nSPS) is 37.7. The quantitative estimate of drug-likeness (QED) is 0.563. The van der Waals surface area contributed by atoms with Crippen molar-refractivity contribution in [1.82, 2.24) is 10.4 Å². The zero-order valence-corrected chi connectivity index (χ0v) is 6.52. The molecule has 1 aliphatic rings. The van der Waals surface area contributed by atoms with Gasteiger partial charge in [0.25, 0.3) is 0 Å². The Morgan fingerprint density at radius 1 is 1.67 bits per heavy atom. The molecule has 0 aromatic heterocycles. The van der Waals surface area contributed by atoms with E-state index in [0.717, 1.165) is 12.0 Å². The molecule has 2 heteroatoms. The van der Waals surface area contributed by atoms with Crippen LogP contribution in [0.25, 0.3) is 0 Å². The van der Waals surface area contributed by atoms with Crippen molar-refractivity contribution in [1.29, 1.82) is 0 Å². The van der Waals surface area contributed by atoms with Gasteiger partial charge in [0.15, 0.2) is 0 Å². The molecule has 54 valence electrons. The third-order valence-electron chi connectivity index (χ3n) is 2.07. The van der Waals surface area contributed by atoms with E-state index in [9.17, 15) is 0 Å².